The maximum absolute atomic E-state index is 5.25. The van der Waals surface area contributed by atoms with Crippen molar-refractivity contribution in [3.63, 3.8) is 0 Å². The second kappa shape index (κ2) is 355. The van der Waals surface area contributed by atoms with Gasteiger partial charge in [0.1, 0.15) is 0 Å². The molecule has 0 amide bonds. The summed E-state index contributed by atoms with van der Waals surface area (Å²) in [5, 5.41) is 0. The minimum atomic E-state index is 0. The zero-order valence-corrected chi connectivity index (χ0v) is 8.68. The first-order valence-electron chi connectivity index (χ1n) is 3.41. The van der Waals surface area contributed by atoms with Gasteiger partial charge in [-0.15, -0.1) is 0 Å². The molecule has 0 aromatic heterocycles. The molecule has 0 aromatic carbocycles. The summed E-state index contributed by atoms with van der Waals surface area (Å²) in [6.45, 7) is 8.50. The average molecular weight is 391 g/mol. The van der Waals surface area contributed by atoms with Crippen molar-refractivity contribution in [1.82, 2.24) is 0 Å². The van der Waals surface area contributed by atoms with Crippen LogP contribution >= 0.6 is 0 Å². The second-order valence-corrected chi connectivity index (χ2v) is 1.41. The van der Waals surface area contributed by atoms with E-state index in [1.54, 1.807) is 0 Å². The summed E-state index contributed by atoms with van der Waals surface area (Å²) < 4.78 is 5.25. The van der Waals surface area contributed by atoms with Crippen LogP contribution in [0.1, 0.15) is 55.4 Å². The first-order chi connectivity index (χ1) is 3.83. The molecule has 72 valence electrons. The van der Waals surface area contributed by atoms with Crippen molar-refractivity contribution in [2.75, 3.05) is 0 Å². The van der Waals surface area contributed by atoms with E-state index in [-0.39, 0.29) is 14.9 Å². The van der Waals surface area contributed by atoms with Gasteiger partial charge in [0.2, 0.25) is 0 Å². The topological polar surface area (TPSA) is 0 Å². The largest absolute Gasteiger partial charge is 0.0776 e. The molecule has 0 fully saturated rings. The van der Waals surface area contributed by atoms with Crippen molar-refractivity contribution in [1.29, 1.82) is 1.34 Å². The van der Waals surface area contributed by atoms with Crippen LogP contribution in [0, 0.1) is 0 Å². The zero-order valence-electron chi connectivity index (χ0n) is 7.28. The van der Waals surface area contributed by atoms with E-state index in [1.807, 2.05) is 0 Å². The van der Waals surface area contributed by atoms with Crippen LogP contribution in [0.2, 0.25) is 0 Å². The van der Waals surface area contributed by atoms with E-state index in [9.17, 15) is 0 Å². The van der Waals surface area contributed by atoms with Gasteiger partial charge in [0.25, 0.3) is 0 Å². The van der Waals surface area contributed by atoms with Crippen LogP contribution in [0.15, 0.2) is 0 Å². The van der Waals surface area contributed by atoms with Crippen LogP contribution < -0.4 is 0 Å². The van der Waals surface area contributed by atoms with E-state index in [4.69, 9.17) is 1.34 Å². The molecule has 0 aliphatic carbocycles. The Morgan fingerprint density at radius 2 is 0.900 bits per heavy atom. The van der Waals surface area contributed by atoms with Crippen LogP contribution in [0.4, 0.5) is 0 Å². The van der Waals surface area contributed by atoms with E-state index in [0.29, 0.717) is 0 Å². The summed E-state index contributed by atoms with van der Waals surface area (Å²) in [6, 6.07) is 0. The predicted molar refractivity (Wildman–Crippen MR) is 52.5 cm³/mol. The monoisotopic (exact) mass is 391 g/mol. The summed E-state index contributed by atoms with van der Waals surface area (Å²) in [6.07, 6.45) is 2.50. The Hall–Kier alpha value is -0.935. The molecular weight excluding hydrogens is 364 g/mol. The Morgan fingerprint density at radius 1 is 0.900 bits per heavy atom. The van der Waals surface area contributed by atoms with E-state index >= 15 is 0 Å². The van der Waals surface area contributed by atoms with E-state index < -0.39 is 0 Å². The molecule has 0 unspecified atom stereocenters. The summed E-state index contributed by atoms with van der Waals surface area (Å²) in [4.78, 5) is 0. The molecule has 0 nitrogen and oxygen atoms in total. The molecule has 0 bridgehead atoms. The molecule has 0 heterocycles. The zero-order chi connectivity index (χ0) is 7.41. The van der Waals surface area contributed by atoms with Gasteiger partial charge >= 0.3 is 0 Å². The van der Waals surface area contributed by atoms with Crippen molar-refractivity contribution in [3.8, 4) is 0 Å². The van der Waals surface area contributed by atoms with Gasteiger partial charge in [-0.05, 0) is 1.34 Å². The average Bonchev–Trinajstić information content (AvgIpc) is 1.75. The molecule has 2 radical (unpaired) electrons. The molecule has 10 heavy (non-hydrogen) atoms. The Balaban J connectivity index is -0.00000000764. The van der Waals surface area contributed by atoms with Crippen LogP contribution in [-0.2, 0) is 0 Å². The molecule has 0 aliphatic heterocycles. The minimum Gasteiger partial charge on any atom is -0.0776 e. The van der Waals surface area contributed by atoms with E-state index in [2.05, 4.69) is 36.1 Å². The molecule has 0 rings (SSSR count). The van der Waals surface area contributed by atoms with Crippen molar-refractivity contribution in [3.05, 3.63) is 0 Å². The molecule has 0 spiro atoms. The standard InChI is InChI=1S/2C3H8.2CH4.BH.Fm/c2*1-3-2;;;;/h2*3H2,1-2H3;2*1H4;1H;/i;;;;1T;. The Labute approximate surface area is 66.0 Å². The fourth-order valence-electron chi connectivity index (χ4n) is 0. The maximum Gasteiger partial charge on any atom is 0.0379 e. The Kier molecular flexibility index (Phi) is 1270. The van der Waals surface area contributed by atoms with Crippen LogP contribution in [0.3, 0.4) is 0 Å². The first-order valence-corrected chi connectivity index (χ1v) is 2.83. The molecule has 0 atom stereocenters. The number of hydrogen-bond acceptors (Lipinski definition) is 0. The van der Waals surface area contributed by atoms with Gasteiger partial charge in [-0.25, -0.2) is 0 Å². The maximum atomic E-state index is 5.25. The summed E-state index contributed by atoms with van der Waals surface area (Å²) in [7, 11) is 3.75. The smallest absolute Gasteiger partial charge is 0.0379 e. The van der Waals surface area contributed by atoms with Crippen molar-refractivity contribution >= 4 is 8.38 Å². The normalized spacial score (nSPS) is 4.20. The van der Waals surface area contributed by atoms with Crippen LogP contribution in [-0.4, -0.2) is 9.71 Å². The third-order valence-electron chi connectivity index (χ3n) is 0. The van der Waals surface area contributed by atoms with E-state index in [0.717, 1.165) is 0 Å². The molecule has 0 saturated heterocycles. The van der Waals surface area contributed by atoms with Gasteiger partial charge in [0.05, 0.1) is 0 Å². The summed E-state index contributed by atoms with van der Waals surface area (Å²) >= 11 is 0. The molecule has 0 aliphatic rings. The first kappa shape index (κ1) is 35.7. The molecule has 2 heteroatoms. The molecule has 0 aromatic rings. The summed E-state index contributed by atoms with van der Waals surface area (Å²) in [5.74, 6) is 0. The van der Waals surface area contributed by atoms with Gasteiger partial charge in [0, 0.05) is 8.38 Å². The fraction of sp³-hybridized carbons (Fsp3) is 1.00. The number of hydrogen-bond donors (Lipinski definition) is 0. The van der Waals surface area contributed by atoms with Crippen LogP contribution in [0.5, 0.6) is 0 Å². The summed E-state index contributed by atoms with van der Waals surface area (Å²) in [5.41, 5.74) is 0. The second-order valence-electron chi connectivity index (χ2n) is 1.41. The van der Waals surface area contributed by atoms with Gasteiger partial charge < -0.3 is 0 Å². The third-order valence-corrected chi connectivity index (χ3v) is 0. The quantitative estimate of drug-likeness (QED) is 0.555. The van der Waals surface area contributed by atoms with E-state index in [1.165, 1.54) is 12.8 Å². The Bertz CT molecular complexity index is 16.1. The molecular formula is C8H25BFm. The Morgan fingerprint density at radius 3 is 0.900 bits per heavy atom. The third kappa shape index (κ3) is 297. The van der Waals surface area contributed by atoms with Crippen molar-refractivity contribution in [2.24, 2.45) is 0 Å². The number of rotatable bonds is 0. The minimum absolute atomic E-state index is 0. The van der Waals surface area contributed by atoms with Crippen molar-refractivity contribution in [2.45, 2.75) is 55.4 Å². The SMILES string of the molecule is C.C.CCC.CCC.[3H][B].[Fm]. The predicted octanol–water partition coefficient (Wildman–Crippen LogP) is 3.46. The van der Waals surface area contributed by atoms with Gasteiger partial charge in [0.15, 0.2) is 0 Å². The van der Waals surface area contributed by atoms with Crippen molar-refractivity contribution < 1.29 is 0 Å². The molecule has 0 saturated carbocycles. The van der Waals surface area contributed by atoms with Gasteiger partial charge in [-0.2, -0.15) is 0 Å². The van der Waals surface area contributed by atoms with Gasteiger partial charge in [-0.1, -0.05) is 55.4 Å². The molecule has 0 N–H and O–H groups in total. The van der Waals surface area contributed by atoms with Crippen LogP contribution in [0.25, 0.3) is 0 Å². The fourth-order valence-corrected chi connectivity index (χ4v) is 0. The van der Waals surface area contributed by atoms with Gasteiger partial charge in [-0.3, -0.25) is 0 Å².